The molecule has 0 spiro atoms. The summed E-state index contributed by atoms with van der Waals surface area (Å²) in [5.74, 6) is 0.490. The Kier molecular flexibility index (Phi) is 7.13. The van der Waals surface area contributed by atoms with Crippen LogP contribution in [0.4, 0.5) is 0 Å². The van der Waals surface area contributed by atoms with Gasteiger partial charge < -0.3 is 14.8 Å². The van der Waals surface area contributed by atoms with Crippen LogP contribution >= 0.6 is 35.0 Å². The van der Waals surface area contributed by atoms with E-state index in [-0.39, 0.29) is 5.25 Å². The lowest BCUT2D eigenvalue weighted by molar-refractivity contribution is 0.0396. The summed E-state index contributed by atoms with van der Waals surface area (Å²) in [7, 11) is 3.08. The number of nitrogens with one attached hydrogen (secondary N) is 2. The van der Waals surface area contributed by atoms with Crippen LogP contribution in [-0.4, -0.2) is 40.4 Å². The van der Waals surface area contributed by atoms with E-state index in [4.69, 9.17) is 32.7 Å². The monoisotopic (exact) mass is 519 g/mol. The predicted octanol–water partition coefficient (Wildman–Crippen LogP) is 3.47. The lowest BCUT2D eigenvalue weighted by Gasteiger charge is -2.35. The molecule has 9 nitrogen and oxygen atoms in total. The first-order chi connectivity index (χ1) is 16.3. The Morgan fingerprint density at radius 2 is 1.88 bits per heavy atom. The Hall–Kier alpha value is -3.05. The minimum Gasteiger partial charge on any atom is -0.482 e. The zero-order valence-corrected chi connectivity index (χ0v) is 20.3. The molecule has 0 radical (unpaired) electrons. The van der Waals surface area contributed by atoms with Crippen molar-refractivity contribution in [1.29, 1.82) is 0 Å². The number of methoxy groups -OCH3 is 2. The zero-order chi connectivity index (χ0) is 24.3. The maximum absolute atomic E-state index is 12.2. The highest BCUT2D eigenvalue weighted by molar-refractivity contribution is 8.00. The van der Waals surface area contributed by atoms with Gasteiger partial charge in [-0.05, 0) is 35.4 Å². The van der Waals surface area contributed by atoms with Crippen LogP contribution in [0.15, 0.2) is 75.2 Å². The summed E-state index contributed by atoms with van der Waals surface area (Å²) in [5, 5.41) is 6.44. The number of allylic oxidation sites excluding steroid dienone is 1. The normalized spacial score (nSPS) is 18.2. The molecule has 1 aromatic heterocycles. The number of nitrogens with zero attached hydrogens (tertiary/aromatic N) is 3. The van der Waals surface area contributed by atoms with E-state index in [0.29, 0.717) is 21.6 Å². The molecule has 2 N–H and O–H groups in total. The van der Waals surface area contributed by atoms with E-state index in [1.807, 2.05) is 12.1 Å². The first-order valence-corrected chi connectivity index (χ1v) is 11.5. The van der Waals surface area contributed by atoms with Crippen LogP contribution < -0.4 is 16.6 Å². The molecule has 0 amide bonds. The Balaban J connectivity index is 1.77. The molecular formula is C22H19Cl2N5O4S. The van der Waals surface area contributed by atoms with E-state index in [2.05, 4.69) is 20.4 Å². The van der Waals surface area contributed by atoms with Crippen LogP contribution in [-0.2, 0) is 9.47 Å². The number of benzene rings is 2. The molecule has 2 atom stereocenters. The molecule has 2 aromatic carbocycles. The van der Waals surface area contributed by atoms with Crippen LogP contribution in [0.3, 0.4) is 0 Å². The SMILES string of the molecule is COC1=CC=NC(OC)(SC(c2ccc(Cl)cc2)c2ccc(-n3ncc(=O)[nH]c3=O)cc2Cl)N1. The Bertz CT molecular complexity index is 1370. The molecule has 12 heteroatoms. The molecular weight excluding hydrogens is 501 g/mol. The first kappa shape index (κ1) is 24.1. The molecule has 4 rings (SSSR count). The second kappa shape index (κ2) is 10.1. The molecule has 2 unspecified atom stereocenters. The van der Waals surface area contributed by atoms with Crippen molar-refractivity contribution in [2.75, 3.05) is 14.2 Å². The molecule has 0 saturated heterocycles. The number of ether oxygens (including phenoxy) is 2. The summed E-state index contributed by atoms with van der Waals surface area (Å²) in [6.07, 6.45) is 4.31. The first-order valence-electron chi connectivity index (χ1n) is 9.89. The minimum atomic E-state index is -1.19. The Morgan fingerprint density at radius 1 is 1.12 bits per heavy atom. The average molecular weight is 520 g/mol. The summed E-state index contributed by atoms with van der Waals surface area (Å²) in [5.41, 5.74) is 0.771. The lowest BCUT2D eigenvalue weighted by Crippen LogP contribution is -2.44. The molecule has 0 fully saturated rings. The summed E-state index contributed by atoms with van der Waals surface area (Å²) in [4.78, 5) is 30.2. The van der Waals surface area contributed by atoms with Gasteiger partial charge in [-0.2, -0.15) is 9.78 Å². The fraction of sp³-hybridized carbons (Fsp3) is 0.182. The molecule has 0 bridgehead atoms. The Morgan fingerprint density at radius 3 is 2.53 bits per heavy atom. The molecule has 34 heavy (non-hydrogen) atoms. The van der Waals surface area contributed by atoms with E-state index in [1.54, 1.807) is 49.7 Å². The molecule has 1 aliphatic rings. The summed E-state index contributed by atoms with van der Waals surface area (Å²) in [6, 6.07) is 12.4. The van der Waals surface area contributed by atoms with Gasteiger partial charge in [0.25, 0.3) is 10.7 Å². The zero-order valence-electron chi connectivity index (χ0n) is 18.0. The highest BCUT2D eigenvalue weighted by Gasteiger charge is 2.37. The van der Waals surface area contributed by atoms with Crippen molar-refractivity contribution in [3.8, 4) is 5.69 Å². The van der Waals surface area contributed by atoms with Crippen molar-refractivity contribution in [3.63, 3.8) is 0 Å². The predicted molar refractivity (Wildman–Crippen MR) is 133 cm³/mol. The fourth-order valence-electron chi connectivity index (χ4n) is 3.27. The van der Waals surface area contributed by atoms with Gasteiger partial charge >= 0.3 is 5.69 Å². The van der Waals surface area contributed by atoms with Gasteiger partial charge in [0, 0.05) is 29.4 Å². The molecule has 0 saturated carbocycles. The van der Waals surface area contributed by atoms with E-state index in [1.165, 1.54) is 18.9 Å². The van der Waals surface area contributed by atoms with Gasteiger partial charge in [-0.1, -0.05) is 53.2 Å². The number of H-pyrrole nitrogens is 1. The molecule has 176 valence electrons. The molecule has 3 aromatic rings. The molecule has 0 aliphatic carbocycles. The van der Waals surface area contributed by atoms with Crippen molar-refractivity contribution < 1.29 is 9.47 Å². The highest BCUT2D eigenvalue weighted by Crippen LogP contribution is 2.46. The van der Waals surface area contributed by atoms with Gasteiger partial charge in [-0.3, -0.25) is 9.78 Å². The van der Waals surface area contributed by atoms with E-state index < -0.39 is 16.4 Å². The highest BCUT2D eigenvalue weighted by atomic mass is 35.5. The number of aliphatic imine (C=N–C) groups is 1. The number of hydrogen-bond donors (Lipinski definition) is 2. The van der Waals surface area contributed by atoms with Crippen LogP contribution in [0.2, 0.25) is 10.0 Å². The largest absolute Gasteiger partial charge is 0.482 e. The van der Waals surface area contributed by atoms with E-state index >= 15 is 0 Å². The maximum atomic E-state index is 12.2. The van der Waals surface area contributed by atoms with Gasteiger partial charge in [-0.15, -0.1) is 0 Å². The number of aromatic nitrogens is 3. The van der Waals surface area contributed by atoms with Gasteiger partial charge in [0.2, 0.25) is 0 Å². The van der Waals surface area contributed by atoms with Crippen LogP contribution in [0, 0.1) is 0 Å². The Labute approximate surface area is 208 Å². The quantitative estimate of drug-likeness (QED) is 0.459. The van der Waals surface area contributed by atoms with Crippen LogP contribution in [0.1, 0.15) is 16.4 Å². The molecule has 2 heterocycles. The van der Waals surface area contributed by atoms with Gasteiger partial charge in [-0.25, -0.2) is 9.79 Å². The van der Waals surface area contributed by atoms with Crippen LogP contribution in [0.5, 0.6) is 0 Å². The smallest absolute Gasteiger partial charge is 0.349 e. The minimum absolute atomic E-state index is 0.361. The number of aromatic amines is 1. The number of hydrogen-bond acceptors (Lipinski definition) is 8. The van der Waals surface area contributed by atoms with Crippen molar-refractivity contribution in [1.82, 2.24) is 20.1 Å². The molecule has 1 aliphatic heterocycles. The van der Waals surface area contributed by atoms with Crippen molar-refractivity contribution >= 4 is 41.2 Å². The van der Waals surface area contributed by atoms with Gasteiger partial charge in [0.15, 0.2) is 5.88 Å². The fourth-order valence-corrected chi connectivity index (χ4v) is 5.07. The van der Waals surface area contributed by atoms with Crippen molar-refractivity contribution in [3.05, 3.63) is 103 Å². The maximum Gasteiger partial charge on any atom is 0.349 e. The third-order valence-electron chi connectivity index (χ3n) is 4.92. The van der Waals surface area contributed by atoms with E-state index in [0.717, 1.165) is 22.0 Å². The summed E-state index contributed by atoms with van der Waals surface area (Å²) >= 11 is 14.2. The summed E-state index contributed by atoms with van der Waals surface area (Å²) in [6.45, 7) is 0. The van der Waals surface area contributed by atoms with E-state index in [9.17, 15) is 9.59 Å². The second-order valence-corrected chi connectivity index (χ2v) is 9.13. The van der Waals surface area contributed by atoms with Gasteiger partial charge in [0.1, 0.15) is 6.20 Å². The lowest BCUT2D eigenvalue weighted by atomic mass is 10.0. The van der Waals surface area contributed by atoms with Crippen molar-refractivity contribution in [2.24, 2.45) is 4.99 Å². The topological polar surface area (TPSA) is 111 Å². The third kappa shape index (κ3) is 5.05. The average Bonchev–Trinajstić information content (AvgIpc) is 2.83. The summed E-state index contributed by atoms with van der Waals surface area (Å²) < 4.78 is 12.1. The number of thioether (sulfide) groups is 1. The number of halogens is 2. The third-order valence-corrected chi connectivity index (χ3v) is 6.96. The second-order valence-electron chi connectivity index (χ2n) is 7.03. The van der Waals surface area contributed by atoms with Crippen molar-refractivity contribution in [2.45, 2.75) is 10.4 Å². The van der Waals surface area contributed by atoms with Crippen LogP contribution in [0.25, 0.3) is 5.69 Å². The van der Waals surface area contributed by atoms with Gasteiger partial charge in [0.05, 0.1) is 18.0 Å². The standard InChI is InChI=1S/C22H19Cl2N5O4S/c1-32-19-9-10-25-22(28-19,33-2)34-20(13-3-5-14(23)6-4-13)16-8-7-15(11-17(16)24)29-21(31)27-18(30)12-26-29/h3-12,20,28H,1-2H3,(H,27,30,31). The number of rotatable bonds is 7.